The molecule has 2 aromatic heterocycles. The molecule has 4 rings (SSSR count). The molecule has 1 N–H and O–H groups in total. The third-order valence-corrected chi connectivity index (χ3v) is 5.77. The minimum absolute atomic E-state index is 0.188. The van der Waals surface area contributed by atoms with Crippen LogP contribution in [0.4, 0.5) is 5.69 Å². The smallest absolute Gasteiger partial charge is 0.279 e. The van der Waals surface area contributed by atoms with Crippen LogP contribution in [-0.2, 0) is 24.2 Å². The van der Waals surface area contributed by atoms with E-state index in [0.29, 0.717) is 28.3 Å². The first kappa shape index (κ1) is 17.7. The number of nitrogens with zero attached hydrogens (tertiary/aromatic N) is 3. The molecule has 140 valence electrons. The van der Waals surface area contributed by atoms with Gasteiger partial charge in [0, 0.05) is 4.88 Å². The second-order valence-corrected chi connectivity index (χ2v) is 7.50. The van der Waals surface area contributed by atoms with Gasteiger partial charge in [-0.25, -0.2) is 4.68 Å². The summed E-state index contributed by atoms with van der Waals surface area (Å²) in [7, 11) is 0. The number of rotatable bonds is 5. The van der Waals surface area contributed by atoms with Crippen LogP contribution in [0, 0.1) is 0 Å². The first-order valence-corrected chi connectivity index (χ1v) is 9.88. The van der Waals surface area contributed by atoms with E-state index in [1.807, 2.05) is 19.1 Å². The lowest BCUT2D eigenvalue weighted by molar-refractivity contribution is -0.117. The van der Waals surface area contributed by atoms with Gasteiger partial charge in [0.05, 0.1) is 17.7 Å². The summed E-state index contributed by atoms with van der Waals surface area (Å²) < 4.78 is 6.65. The Morgan fingerprint density at radius 3 is 2.96 bits per heavy atom. The van der Waals surface area contributed by atoms with Crippen molar-refractivity contribution in [1.82, 2.24) is 15.0 Å². The molecule has 2 heterocycles. The molecule has 27 heavy (non-hydrogen) atoms. The molecule has 1 amide bonds. The predicted molar refractivity (Wildman–Crippen MR) is 105 cm³/mol. The van der Waals surface area contributed by atoms with Gasteiger partial charge in [0.15, 0.2) is 4.83 Å². The van der Waals surface area contributed by atoms with Gasteiger partial charge in [-0.05, 0) is 50.3 Å². The van der Waals surface area contributed by atoms with Crippen LogP contribution in [-0.4, -0.2) is 27.5 Å². The van der Waals surface area contributed by atoms with Gasteiger partial charge in [0.25, 0.3) is 5.56 Å². The van der Waals surface area contributed by atoms with E-state index in [2.05, 4.69) is 15.6 Å². The molecular formula is C19H20N4O3S. The quantitative estimate of drug-likeness (QED) is 0.731. The summed E-state index contributed by atoms with van der Waals surface area (Å²) in [5.41, 5.74) is 1.42. The third-order valence-electron chi connectivity index (χ3n) is 4.60. The Hall–Kier alpha value is -2.74. The fourth-order valence-electron chi connectivity index (χ4n) is 3.39. The molecule has 7 nitrogen and oxygen atoms in total. The van der Waals surface area contributed by atoms with Crippen LogP contribution in [0.25, 0.3) is 10.2 Å². The van der Waals surface area contributed by atoms with Crippen molar-refractivity contribution in [2.24, 2.45) is 0 Å². The van der Waals surface area contributed by atoms with Crippen molar-refractivity contribution in [2.45, 2.75) is 39.2 Å². The molecule has 8 heteroatoms. The van der Waals surface area contributed by atoms with Crippen molar-refractivity contribution in [2.75, 3.05) is 11.9 Å². The number of ether oxygens (including phenoxy) is 1. The molecule has 1 aromatic carbocycles. The van der Waals surface area contributed by atoms with Gasteiger partial charge < -0.3 is 10.1 Å². The molecular weight excluding hydrogens is 364 g/mol. The highest BCUT2D eigenvalue weighted by Crippen LogP contribution is 2.33. The maximum atomic E-state index is 12.9. The van der Waals surface area contributed by atoms with E-state index >= 15 is 0 Å². The van der Waals surface area contributed by atoms with Gasteiger partial charge in [-0.15, -0.1) is 16.4 Å². The van der Waals surface area contributed by atoms with Crippen molar-refractivity contribution in [1.29, 1.82) is 0 Å². The number of anilines is 1. The number of thiophene rings is 1. The normalized spacial score (nSPS) is 13.4. The largest absolute Gasteiger partial charge is 0.492 e. The van der Waals surface area contributed by atoms with Gasteiger partial charge in [-0.3, -0.25) is 9.59 Å². The first-order valence-electron chi connectivity index (χ1n) is 9.07. The number of hydrogen-bond acceptors (Lipinski definition) is 6. The van der Waals surface area contributed by atoms with Crippen LogP contribution in [0.15, 0.2) is 29.1 Å². The van der Waals surface area contributed by atoms with Gasteiger partial charge in [-0.1, -0.05) is 17.3 Å². The summed E-state index contributed by atoms with van der Waals surface area (Å²) in [6, 6.07) is 7.20. The van der Waals surface area contributed by atoms with Crippen molar-refractivity contribution in [3.63, 3.8) is 0 Å². The number of nitrogens with one attached hydrogen (secondary N) is 1. The summed E-state index contributed by atoms with van der Waals surface area (Å²) >= 11 is 1.55. The fraction of sp³-hybridized carbons (Fsp3) is 0.368. The van der Waals surface area contributed by atoms with Gasteiger partial charge in [0.2, 0.25) is 5.91 Å². The Morgan fingerprint density at radius 1 is 1.30 bits per heavy atom. The monoisotopic (exact) mass is 384 g/mol. The molecule has 0 atom stereocenters. The number of hydrogen-bond donors (Lipinski definition) is 1. The van der Waals surface area contributed by atoms with Crippen LogP contribution in [0.1, 0.15) is 30.2 Å². The summed E-state index contributed by atoms with van der Waals surface area (Å²) in [5, 5.41) is 11.6. The summed E-state index contributed by atoms with van der Waals surface area (Å²) in [6.45, 7) is 2.19. The summed E-state index contributed by atoms with van der Waals surface area (Å²) in [5.74, 6) is 0.246. The van der Waals surface area contributed by atoms with E-state index in [1.165, 1.54) is 4.88 Å². The molecule has 3 aromatic rings. The average molecular weight is 384 g/mol. The Balaban J connectivity index is 1.59. The molecule has 0 spiro atoms. The topological polar surface area (TPSA) is 86.1 Å². The lowest BCUT2D eigenvalue weighted by atomic mass is 9.97. The first-order chi connectivity index (χ1) is 13.2. The second kappa shape index (κ2) is 7.48. The Morgan fingerprint density at radius 2 is 2.11 bits per heavy atom. The number of para-hydroxylation sites is 2. The van der Waals surface area contributed by atoms with Gasteiger partial charge in [0.1, 0.15) is 12.3 Å². The lowest BCUT2D eigenvalue weighted by Gasteiger charge is -2.12. The zero-order chi connectivity index (χ0) is 18.8. The van der Waals surface area contributed by atoms with Crippen molar-refractivity contribution < 1.29 is 9.53 Å². The minimum Gasteiger partial charge on any atom is -0.492 e. The van der Waals surface area contributed by atoms with E-state index < -0.39 is 0 Å². The second-order valence-electron chi connectivity index (χ2n) is 6.42. The SMILES string of the molecule is CCOc1ccccc1NC(=O)Cn1nnc2sc3c(c2c1=O)CCCC3. The van der Waals surface area contributed by atoms with E-state index in [4.69, 9.17) is 4.74 Å². The number of aromatic nitrogens is 3. The average Bonchev–Trinajstić information content (AvgIpc) is 3.05. The molecule has 0 unspecified atom stereocenters. The van der Waals surface area contributed by atoms with Crippen LogP contribution >= 0.6 is 11.3 Å². The Kier molecular flexibility index (Phi) is 4.89. The molecule has 0 saturated carbocycles. The number of fused-ring (bicyclic) bond motifs is 3. The van der Waals surface area contributed by atoms with Gasteiger partial charge in [-0.2, -0.15) is 0 Å². The number of amides is 1. The predicted octanol–water partition coefficient (Wildman–Crippen LogP) is 2.77. The zero-order valence-corrected chi connectivity index (χ0v) is 15.8. The van der Waals surface area contributed by atoms with Crippen LogP contribution in [0.3, 0.4) is 0 Å². The molecule has 1 aliphatic rings. The Labute approximate surface area is 160 Å². The van der Waals surface area contributed by atoms with E-state index in [9.17, 15) is 9.59 Å². The molecule has 0 saturated heterocycles. The lowest BCUT2D eigenvalue weighted by Crippen LogP contribution is -2.30. The highest BCUT2D eigenvalue weighted by molar-refractivity contribution is 7.18. The minimum atomic E-state index is -0.345. The van der Waals surface area contributed by atoms with Crippen LogP contribution in [0.5, 0.6) is 5.75 Å². The zero-order valence-electron chi connectivity index (χ0n) is 15.0. The summed E-state index contributed by atoms with van der Waals surface area (Å²) in [4.78, 5) is 27.2. The van der Waals surface area contributed by atoms with E-state index in [1.54, 1.807) is 23.5 Å². The van der Waals surface area contributed by atoms with Gasteiger partial charge >= 0.3 is 0 Å². The Bertz CT molecular complexity index is 1060. The van der Waals surface area contributed by atoms with E-state index in [0.717, 1.165) is 35.9 Å². The number of carbonyl (C=O) groups is 1. The van der Waals surface area contributed by atoms with Crippen molar-refractivity contribution in [3.8, 4) is 5.75 Å². The third kappa shape index (κ3) is 3.44. The molecule has 1 aliphatic carbocycles. The molecule has 0 bridgehead atoms. The van der Waals surface area contributed by atoms with Crippen molar-refractivity contribution >= 4 is 33.1 Å². The maximum Gasteiger partial charge on any atom is 0.279 e. The number of carbonyl (C=O) groups excluding carboxylic acids is 1. The summed E-state index contributed by atoms with van der Waals surface area (Å²) in [6.07, 6.45) is 4.10. The molecule has 0 radical (unpaired) electrons. The highest BCUT2D eigenvalue weighted by Gasteiger charge is 2.21. The van der Waals surface area contributed by atoms with Crippen LogP contribution in [0.2, 0.25) is 0 Å². The fourth-order valence-corrected chi connectivity index (χ4v) is 4.58. The van der Waals surface area contributed by atoms with E-state index in [-0.39, 0.29) is 18.0 Å². The van der Waals surface area contributed by atoms with Crippen molar-refractivity contribution in [3.05, 3.63) is 45.1 Å². The molecule has 0 aliphatic heterocycles. The maximum absolute atomic E-state index is 12.9. The number of aryl methyl sites for hydroxylation is 2. The molecule has 0 fully saturated rings. The standard InChI is InChI=1S/C19H20N4O3S/c1-2-26-14-9-5-4-8-13(14)20-16(24)11-23-19(25)17-12-7-3-6-10-15(12)27-18(17)21-22-23/h4-5,8-9H,2-3,6-7,10-11H2,1H3,(H,20,24). The highest BCUT2D eigenvalue weighted by atomic mass is 32.1. The van der Waals surface area contributed by atoms with Crippen LogP contribution < -0.4 is 15.6 Å². The number of benzene rings is 1.